The molecule has 0 saturated carbocycles. The third kappa shape index (κ3) is 2.47. The summed E-state index contributed by atoms with van der Waals surface area (Å²) in [6.45, 7) is 2.62. The van der Waals surface area contributed by atoms with Crippen LogP contribution in [0.25, 0.3) is 0 Å². The number of anilines is 1. The minimum atomic E-state index is -0.985. The minimum absolute atomic E-state index is 0.202. The summed E-state index contributed by atoms with van der Waals surface area (Å²) in [5, 5.41) is 22.4. The lowest BCUT2D eigenvalue weighted by Gasteiger charge is -2.27. The molecule has 1 fully saturated rings. The van der Waals surface area contributed by atoms with E-state index in [1.165, 1.54) is 6.07 Å². The molecule has 1 aromatic rings. The Kier molecular flexibility index (Phi) is 3.54. The zero-order valence-corrected chi connectivity index (χ0v) is 10.2. The van der Waals surface area contributed by atoms with Gasteiger partial charge in [-0.25, -0.2) is 4.79 Å². The Morgan fingerprint density at radius 3 is 2.89 bits per heavy atom. The molecule has 0 bridgehead atoms. The molecule has 1 aliphatic heterocycles. The van der Waals surface area contributed by atoms with Gasteiger partial charge in [-0.1, -0.05) is 12.1 Å². The molecule has 2 unspecified atom stereocenters. The van der Waals surface area contributed by atoms with E-state index in [-0.39, 0.29) is 18.2 Å². The molecule has 5 heteroatoms. The van der Waals surface area contributed by atoms with Gasteiger partial charge in [0.15, 0.2) is 0 Å². The molecule has 2 atom stereocenters. The zero-order valence-electron chi connectivity index (χ0n) is 10.2. The summed E-state index contributed by atoms with van der Waals surface area (Å²) < 4.78 is 5.33. The summed E-state index contributed by atoms with van der Waals surface area (Å²) in [7, 11) is 0. The lowest BCUT2D eigenvalue weighted by atomic mass is 9.96. The molecule has 0 radical (unpaired) electrons. The van der Waals surface area contributed by atoms with E-state index in [2.05, 4.69) is 5.32 Å². The van der Waals surface area contributed by atoms with Gasteiger partial charge in [0.2, 0.25) is 0 Å². The van der Waals surface area contributed by atoms with Crippen molar-refractivity contribution in [2.45, 2.75) is 25.0 Å². The topological polar surface area (TPSA) is 78.8 Å². The Bertz CT molecular complexity index is 448. The van der Waals surface area contributed by atoms with E-state index in [1.807, 2.05) is 6.92 Å². The predicted octanol–water partition coefficient (Wildman–Crippen LogP) is 1.34. The van der Waals surface area contributed by atoms with Crippen molar-refractivity contribution in [3.8, 4) is 0 Å². The quantitative estimate of drug-likeness (QED) is 0.752. The van der Waals surface area contributed by atoms with Crippen LogP contribution in [0.4, 0.5) is 5.69 Å². The van der Waals surface area contributed by atoms with E-state index in [4.69, 9.17) is 9.84 Å². The van der Waals surface area contributed by atoms with Crippen molar-refractivity contribution in [3.05, 3.63) is 29.8 Å². The van der Waals surface area contributed by atoms with Crippen LogP contribution in [0.3, 0.4) is 0 Å². The summed E-state index contributed by atoms with van der Waals surface area (Å²) in [6.07, 6.45) is 0.304. The van der Waals surface area contributed by atoms with E-state index in [0.29, 0.717) is 18.7 Å². The number of aliphatic hydroxyl groups is 1. The number of carbonyl (C=O) groups is 1. The smallest absolute Gasteiger partial charge is 0.337 e. The highest BCUT2D eigenvalue weighted by molar-refractivity contribution is 5.94. The molecule has 0 amide bonds. The van der Waals surface area contributed by atoms with Gasteiger partial charge in [-0.3, -0.25) is 0 Å². The fourth-order valence-corrected chi connectivity index (χ4v) is 2.07. The number of rotatable bonds is 4. The number of carboxylic acid groups (broad SMARTS) is 1. The lowest BCUT2D eigenvalue weighted by Crippen LogP contribution is -2.43. The van der Waals surface area contributed by atoms with E-state index >= 15 is 0 Å². The van der Waals surface area contributed by atoms with E-state index in [9.17, 15) is 9.90 Å². The Morgan fingerprint density at radius 1 is 1.56 bits per heavy atom. The highest BCUT2D eigenvalue weighted by atomic mass is 16.5. The van der Waals surface area contributed by atoms with Crippen LogP contribution in [0, 0.1) is 0 Å². The van der Waals surface area contributed by atoms with Crippen molar-refractivity contribution < 1.29 is 19.7 Å². The zero-order chi connectivity index (χ0) is 13.2. The molecule has 1 heterocycles. The maximum absolute atomic E-state index is 11.0. The van der Waals surface area contributed by atoms with Crippen LogP contribution < -0.4 is 5.32 Å². The van der Waals surface area contributed by atoms with E-state index in [1.54, 1.807) is 18.2 Å². The molecule has 1 saturated heterocycles. The molecule has 0 spiro atoms. The minimum Gasteiger partial charge on any atom is -0.478 e. The summed E-state index contributed by atoms with van der Waals surface area (Å²) in [5.74, 6) is -0.985. The first-order valence-corrected chi connectivity index (χ1v) is 5.93. The van der Waals surface area contributed by atoms with Gasteiger partial charge < -0.3 is 20.3 Å². The van der Waals surface area contributed by atoms with Crippen molar-refractivity contribution >= 4 is 11.7 Å². The number of nitrogens with one attached hydrogen (secondary N) is 1. The monoisotopic (exact) mass is 251 g/mol. The summed E-state index contributed by atoms with van der Waals surface area (Å²) in [4.78, 5) is 11.0. The molecular formula is C13H17NO4. The first-order valence-electron chi connectivity index (χ1n) is 5.93. The predicted molar refractivity (Wildman–Crippen MR) is 66.9 cm³/mol. The second-order valence-corrected chi connectivity index (χ2v) is 4.57. The molecule has 3 N–H and O–H groups in total. The Balaban J connectivity index is 2.09. The van der Waals surface area contributed by atoms with Gasteiger partial charge in [0.1, 0.15) is 5.60 Å². The first-order chi connectivity index (χ1) is 8.53. The van der Waals surface area contributed by atoms with Crippen LogP contribution in [0.5, 0.6) is 0 Å². The van der Waals surface area contributed by atoms with Crippen LogP contribution in [0.1, 0.15) is 23.7 Å². The van der Waals surface area contributed by atoms with Gasteiger partial charge in [0.25, 0.3) is 0 Å². The van der Waals surface area contributed by atoms with Gasteiger partial charge in [-0.15, -0.1) is 0 Å². The fraction of sp³-hybridized carbons (Fsp3) is 0.462. The van der Waals surface area contributed by atoms with Crippen molar-refractivity contribution in [1.29, 1.82) is 0 Å². The third-order valence-corrected chi connectivity index (χ3v) is 3.40. The van der Waals surface area contributed by atoms with E-state index < -0.39 is 11.6 Å². The normalized spacial score (nSPS) is 27.1. The highest BCUT2D eigenvalue weighted by Crippen LogP contribution is 2.26. The molecule has 0 aromatic heterocycles. The Morgan fingerprint density at radius 2 is 2.28 bits per heavy atom. The molecule has 18 heavy (non-hydrogen) atoms. The van der Waals surface area contributed by atoms with Gasteiger partial charge >= 0.3 is 5.97 Å². The molecule has 98 valence electrons. The summed E-state index contributed by atoms with van der Waals surface area (Å²) >= 11 is 0. The van der Waals surface area contributed by atoms with Gasteiger partial charge in [0, 0.05) is 25.3 Å². The fourth-order valence-electron chi connectivity index (χ4n) is 2.07. The number of hydrogen-bond donors (Lipinski definition) is 3. The van der Waals surface area contributed by atoms with E-state index in [0.717, 1.165) is 0 Å². The number of hydrogen-bond acceptors (Lipinski definition) is 4. The van der Waals surface area contributed by atoms with Crippen LogP contribution in [0.2, 0.25) is 0 Å². The SMILES string of the molecule is CC1OCCC1(O)CNc1ccccc1C(=O)O. The molecule has 1 aromatic carbocycles. The number of carboxylic acids is 1. The number of aromatic carboxylic acids is 1. The molecule has 0 aliphatic carbocycles. The molecule has 2 rings (SSSR count). The number of benzene rings is 1. The van der Waals surface area contributed by atoms with Crippen LogP contribution in [-0.4, -0.2) is 41.0 Å². The van der Waals surface area contributed by atoms with Gasteiger partial charge in [-0.2, -0.15) is 0 Å². The average molecular weight is 251 g/mol. The van der Waals surface area contributed by atoms with Gasteiger partial charge in [0.05, 0.1) is 11.7 Å². The Hall–Kier alpha value is -1.59. The lowest BCUT2D eigenvalue weighted by molar-refractivity contribution is -0.0176. The maximum atomic E-state index is 11.0. The summed E-state index contributed by atoms with van der Waals surface area (Å²) in [6, 6.07) is 6.65. The molecular weight excluding hydrogens is 234 g/mol. The van der Waals surface area contributed by atoms with Crippen molar-refractivity contribution in [2.24, 2.45) is 0 Å². The highest BCUT2D eigenvalue weighted by Gasteiger charge is 2.39. The second kappa shape index (κ2) is 4.96. The van der Waals surface area contributed by atoms with Crippen LogP contribution in [-0.2, 0) is 4.74 Å². The number of ether oxygens (including phenoxy) is 1. The van der Waals surface area contributed by atoms with Crippen molar-refractivity contribution in [3.63, 3.8) is 0 Å². The molecule has 5 nitrogen and oxygen atoms in total. The average Bonchev–Trinajstić information content (AvgIpc) is 2.68. The Labute approximate surface area is 105 Å². The maximum Gasteiger partial charge on any atom is 0.337 e. The second-order valence-electron chi connectivity index (χ2n) is 4.57. The first kappa shape index (κ1) is 12.9. The number of para-hydroxylation sites is 1. The van der Waals surface area contributed by atoms with Crippen LogP contribution in [0.15, 0.2) is 24.3 Å². The summed E-state index contributed by atoms with van der Waals surface area (Å²) in [5.41, 5.74) is -0.226. The van der Waals surface area contributed by atoms with Crippen molar-refractivity contribution in [2.75, 3.05) is 18.5 Å². The van der Waals surface area contributed by atoms with Crippen LogP contribution >= 0.6 is 0 Å². The van der Waals surface area contributed by atoms with Gasteiger partial charge in [-0.05, 0) is 19.1 Å². The largest absolute Gasteiger partial charge is 0.478 e. The third-order valence-electron chi connectivity index (χ3n) is 3.40. The standard InChI is InChI=1S/C13H17NO4/c1-9-13(17,6-7-18-9)8-14-11-5-3-2-4-10(11)12(15)16/h2-5,9,14,17H,6-8H2,1H3,(H,15,16). The molecule has 1 aliphatic rings. The van der Waals surface area contributed by atoms with Crippen molar-refractivity contribution in [1.82, 2.24) is 0 Å².